The molecule has 0 aliphatic heterocycles. The molecule has 0 saturated carbocycles. The summed E-state index contributed by atoms with van der Waals surface area (Å²) in [5.74, 6) is 1.40. The minimum atomic E-state index is 0.544. The molecular formula is C38H43N3O. The summed E-state index contributed by atoms with van der Waals surface area (Å²) in [7, 11) is 0. The molecule has 216 valence electrons. The van der Waals surface area contributed by atoms with Gasteiger partial charge in [-0.05, 0) is 87.9 Å². The van der Waals surface area contributed by atoms with E-state index in [9.17, 15) is 0 Å². The molecule has 4 heteroatoms. The number of rotatable bonds is 14. The number of nitrogens with two attached hydrogens (primary N) is 1. The Morgan fingerprint density at radius 3 is 2.07 bits per heavy atom. The summed E-state index contributed by atoms with van der Waals surface area (Å²) >= 11 is 0. The Kier molecular flexibility index (Phi) is 12.3. The first-order valence-electron chi connectivity index (χ1n) is 14.3. The normalized spacial score (nSPS) is 12.8. The molecule has 0 aromatic heterocycles. The second-order valence-electron chi connectivity index (χ2n) is 9.54. The fourth-order valence-corrected chi connectivity index (χ4v) is 4.50. The first-order valence-corrected chi connectivity index (χ1v) is 14.3. The van der Waals surface area contributed by atoms with Crippen molar-refractivity contribution in [3.8, 4) is 5.75 Å². The molecule has 0 radical (unpaired) electrons. The lowest BCUT2D eigenvalue weighted by Gasteiger charge is -2.29. The van der Waals surface area contributed by atoms with Gasteiger partial charge in [-0.1, -0.05) is 86.0 Å². The van der Waals surface area contributed by atoms with Crippen molar-refractivity contribution in [1.82, 2.24) is 0 Å². The molecule has 0 unspecified atom stereocenters. The van der Waals surface area contributed by atoms with Gasteiger partial charge in [-0.15, -0.1) is 0 Å². The maximum atomic E-state index is 6.74. The third-order valence-corrected chi connectivity index (χ3v) is 6.76. The molecule has 0 heterocycles. The van der Waals surface area contributed by atoms with E-state index in [2.05, 4.69) is 72.4 Å². The van der Waals surface area contributed by atoms with Crippen molar-refractivity contribution in [3.63, 3.8) is 0 Å². The Morgan fingerprint density at radius 1 is 0.833 bits per heavy atom. The van der Waals surface area contributed by atoms with E-state index in [1.165, 1.54) is 0 Å². The highest BCUT2D eigenvalue weighted by Crippen LogP contribution is 2.37. The van der Waals surface area contributed by atoms with Crippen LogP contribution >= 0.6 is 0 Å². The lowest BCUT2D eigenvalue weighted by atomic mass is 10.1. The molecule has 3 rings (SSSR count). The predicted octanol–water partition coefficient (Wildman–Crippen LogP) is 10.3. The zero-order chi connectivity index (χ0) is 30.3. The fraction of sp³-hybridized carbons (Fsp3) is 0.158. The lowest BCUT2D eigenvalue weighted by Crippen LogP contribution is -2.21. The monoisotopic (exact) mass is 557 g/mol. The summed E-state index contributed by atoms with van der Waals surface area (Å²) in [6.45, 7) is 16.9. The maximum absolute atomic E-state index is 6.74. The number of anilines is 4. The average molecular weight is 558 g/mol. The van der Waals surface area contributed by atoms with Crippen LogP contribution in [-0.4, -0.2) is 6.54 Å². The summed E-state index contributed by atoms with van der Waals surface area (Å²) < 4.78 is 6.43. The van der Waals surface area contributed by atoms with Crippen LogP contribution in [0.25, 0.3) is 0 Å². The molecular weight excluding hydrogens is 514 g/mol. The SMILES string of the molecule is C=C/C(=C\C/C(=C\C)Oc1cccc(N(C/C=C\C)c2ccccc2)c1N)N(C(/C=C\C)=C(\C)C=C)c1ccccc1. The summed E-state index contributed by atoms with van der Waals surface area (Å²) in [5, 5.41) is 0. The highest BCUT2D eigenvalue weighted by atomic mass is 16.5. The van der Waals surface area contributed by atoms with Gasteiger partial charge in [0.2, 0.25) is 0 Å². The minimum Gasteiger partial charge on any atom is -0.459 e. The Bertz CT molecular complexity index is 1480. The third-order valence-electron chi connectivity index (χ3n) is 6.76. The van der Waals surface area contributed by atoms with Crippen LogP contribution in [-0.2, 0) is 0 Å². The zero-order valence-corrected chi connectivity index (χ0v) is 25.3. The molecule has 4 nitrogen and oxygen atoms in total. The molecule has 0 saturated heterocycles. The number of ether oxygens (including phenoxy) is 1. The lowest BCUT2D eigenvalue weighted by molar-refractivity contribution is 0.416. The smallest absolute Gasteiger partial charge is 0.151 e. The number of hydrogen-bond donors (Lipinski definition) is 1. The number of benzene rings is 3. The highest BCUT2D eigenvalue weighted by Gasteiger charge is 2.17. The van der Waals surface area contributed by atoms with Crippen LogP contribution in [0.5, 0.6) is 5.75 Å². The van der Waals surface area contributed by atoms with Crippen LogP contribution in [0.4, 0.5) is 22.7 Å². The summed E-state index contributed by atoms with van der Waals surface area (Å²) in [6.07, 6.45) is 16.7. The van der Waals surface area contributed by atoms with E-state index in [4.69, 9.17) is 10.5 Å². The largest absolute Gasteiger partial charge is 0.459 e. The Labute approximate surface area is 252 Å². The van der Waals surface area contributed by atoms with E-state index in [1.807, 2.05) is 106 Å². The molecule has 2 N–H and O–H groups in total. The van der Waals surface area contributed by atoms with Gasteiger partial charge in [-0.25, -0.2) is 0 Å². The second-order valence-corrected chi connectivity index (χ2v) is 9.54. The van der Waals surface area contributed by atoms with E-state index in [-0.39, 0.29) is 0 Å². The van der Waals surface area contributed by atoms with Crippen LogP contribution in [0.3, 0.4) is 0 Å². The van der Waals surface area contributed by atoms with Gasteiger partial charge < -0.3 is 20.3 Å². The van der Waals surface area contributed by atoms with Gasteiger partial charge in [0.05, 0.1) is 11.4 Å². The Morgan fingerprint density at radius 2 is 1.50 bits per heavy atom. The van der Waals surface area contributed by atoms with Gasteiger partial charge >= 0.3 is 0 Å². The number of allylic oxidation sites excluding steroid dienone is 8. The van der Waals surface area contributed by atoms with Crippen LogP contribution in [0.1, 0.15) is 34.1 Å². The van der Waals surface area contributed by atoms with Crippen molar-refractivity contribution in [1.29, 1.82) is 0 Å². The van der Waals surface area contributed by atoms with E-state index >= 15 is 0 Å². The molecule has 0 amide bonds. The molecule has 0 atom stereocenters. The van der Waals surface area contributed by atoms with E-state index in [0.29, 0.717) is 24.4 Å². The van der Waals surface area contributed by atoms with Crippen LogP contribution in [0.15, 0.2) is 163 Å². The van der Waals surface area contributed by atoms with Crippen molar-refractivity contribution in [2.75, 3.05) is 22.1 Å². The van der Waals surface area contributed by atoms with Gasteiger partial charge in [0.1, 0.15) is 5.76 Å². The molecule has 42 heavy (non-hydrogen) atoms. The Balaban J connectivity index is 1.97. The van der Waals surface area contributed by atoms with Gasteiger partial charge in [0.25, 0.3) is 0 Å². The van der Waals surface area contributed by atoms with Crippen molar-refractivity contribution in [2.45, 2.75) is 34.1 Å². The van der Waals surface area contributed by atoms with Crippen molar-refractivity contribution in [3.05, 3.63) is 163 Å². The molecule has 0 bridgehead atoms. The number of para-hydroxylation sites is 3. The van der Waals surface area contributed by atoms with Crippen LogP contribution in [0, 0.1) is 0 Å². The molecule has 0 aliphatic carbocycles. The number of nitrogens with zero attached hydrogens (tertiary/aromatic N) is 2. The van der Waals surface area contributed by atoms with Gasteiger partial charge in [0, 0.05) is 35.7 Å². The van der Waals surface area contributed by atoms with Crippen LogP contribution in [0.2, 0.25) is 0 Å². The summed E-state index contributed by atoms with van der Waals surface area (Å²) in [5.41, 5.74) is 13.3. The molecule has 0 fully saturated rings. The first kappa shape index (κ1) is 31.6. The second kappa shape index (κ2) is 16.3. The molecule has 0 spiro atoms. The fourth-order valence-electron chi connectivity index (χ4n) is 4.50. The topological polar surface area (TPSA) is 41.7 Å². The molecule has 3 aromatic rings. The highest BCUT2D eigenvalue weighted by molar-refractivity contribution is 5.79. The van der Waals surface area contributed by atoms with E-state index in [0.717, 1.165) is 39.8 Å². The summed E-state index contributed by atoms with van der Waals surface area (Å²) in [4.78, 5) is 4.37. The Hall–Kier alpha value is -4.96. The zero-order valence-electron chi connectivity index (χ0n) is 25.3. The minimum absolute atomic E-state index is 0.544. The average Bonchev–Trinajstić information content (AvgIpc) is 3.03. The van der Waals surface area contributed by atoms with Gasteiger partial charge in [-0.3, -0.25) is 0 Å². The predicted molar refractivity (Wildman–Crippen MR) is 183 cm³/mol. The van der Waals surface area contributed by atoms with Crippen molar-refractivity contribution >= 4 is 22.7 Å². The van der Waals surface area contributed by atoms with Crippen molar-refractivity contribution in [2.24, 2.45) is 0 Å². The standard InChI is InChI=1S/C38H43N3O/c1-7-12-29-40(32-21-15-13-16-22-32)36-25-19-26-37(38(36)39)42-34(11-5)28-27-31(10-4)41(33-23-17-14-18-24-33)35(20-8-2)30(6)9-3/h7-27H,3-4,28-29,39H2,1-2,5-6H3/b12-7-,20-8-,31-27+,34-11+,35-30+. The first-order chi connectivity index (χ1) is 20.5. The summed E-state index contributed by atoms with van der Waals surface area (Å²) in [6, 6.07) is 26.4. The van der Waals surface area contributed by atoms with E-state index in [1.54, 1.807) is 0 Å². The van der Waals surface area contributed by atoms with Crippen molar-refractivity contribution < 1.29 is 4.74 Å². The van der Waals surface area contributed by atoms with Gasteiger partial charge in [0.15, 0.2) is 5.75 Å². The maximum Gasteiger partial charge on any atom is 0.151 e. The molecule has 3 aromatic carbocycles. The molecule has 0 aliphatic rings. The quantitative estimate of drug-likeness (QED) is 0.0926. The van der Waals surface area contributed by atoms with E-state index < -0.39 is 0 Å². The van der Waals surface area contributed by atoms with Crippen LogP contribution < -0.4 is 20.3 Å². The number of hydrogen-bond acceptors (Lipinski definition) is 4. The number of nitrogen functional groups attached to an aromatic ring is 1. The third kappa shape index (κ3) is 8.05. The van der Waals surface area contributed by atoms with Gasteiger partial charge in [-0.2, -0.15) is 0 Å².